The largest absolute Gasteiger partial charge is 0.481 e. The van der Waals surface area contributed by atoms with Gasteiger partial charge < -0.3 is 50.9 Å². The second-order valence-electron chi connectivity index (χ2n) is 13.8. The van der Waals surface area contributed by atoms with Crippen molar-refractivity contribution in [2.45, 2.75) is 84.0 Å². The number of nitrogens with zero attached hydrogens (tertiary/aromatic N) is 4. The maximum Gasteiger partial charge on any atom is 0.481 e. The van der Waals surface area contributed by atoms with Gasteiger partial charge in [-0.3, -0.25) is 37.3 Å². The number of carbonyl (C=O) groups excluding carboxylic acids is 4. The highest BCUT2D eigenvalue weighted by Gasteiger charge is 2.50. The van der Waals surface area contributed by atoms with Crippen molar-refractivity contribution >= 4 is 74.9 Å². The molecule has 0 bridgehead atoms. The quantitative estimate of drug-likeness (QED) is 0.0297. The number of carbonyl (C=O) groups is 4. The summed E-state index contributed by atoms with van der Waals surface area (Å²) in [5.41, 5.74) is 5.30. The zero-order valence-electron chi connectivity index (χ0n) is 32.2. The van der Waals surface area contributed by atoms with Crippen molar-refractivity contribution in [3.63, 3.8) is 0 Å². The first-order valence-electron chi connectivity index (χ1n) is 17.5. The van der Waals surface area contributed by atoms with Gasteiger partial charge >= 0.3 is 23.5 Å². The average molecular weight is 920 g/mol. The Morgan fingerprint density at radius 1 is 1.03 bits per heavy atom. The normalized spacial score (nSPS) is 21.0. The first kappa shape index (κ1) is 50.3. The maximum atomic E-state index is 12.7. The van der Waals surface area contributed by atoms with Crippen molar-refractivity contribution in [1.29, 1.82) is 0 Å². The number of hydrogen-bond acceptors (Lipinski definition) is 19. The fourth-order valence-electron chi connectivity index (χ4n) is 5.12. The second kappa shape index (κ2) is 21.7. The number of ketones is 1. The van der Waals surface area contributed by atoms with Crippen LogP contribution in [0.25, 0.3) is 11.2 Å². The van der Waals surface area contributed by atoms with E-state index >= 15 is 0 Å². The standard InChI is InChI=1S/C30H48N7O18P3S/c1-17(2)6-5-7-18(38)12-21(40)59-11-10-32-20(39)8-9-33-28(43)25(42)30(3,4)14-52-58(49,50)55-57(47,48)51-13-19-24(54-56(44,45)46)23(41)29(53-19)37-16-36-22-26(31)34-15-35-27(22)37/h6,15-16,19,23-25,29,41-42H,5,7-14H2,1-4H3,(H,32,39)(H,33,43)(H,47,48)(H,49,50)(H2,31,34,35)(H2,44,45,46). The van der Waals surface area contributed by atoms with Gasteiger partial charge in [-0.25, -0.2) is 28.6 Å². The Bertz CT molecular complexity index is 1990. The molecule has 0 saturated carbocycles. The van der Waals surface area contributed by atoms with Crippen LogP contribution in [0, 0.1) is 5.41 Å². The Hall–Kier alpha value is -3.03. The van der Waals surface area contributed by atoms with Crippen LogP contribution in [0.2, 0.25) is 0 Å². The molecule has 7 unspecified atom stereocenters. The second-order valence-corrected chi connectivity index (χ2v) is 19.2. The number of nitrogen functional groups attached to an aromatic ring is 1. The SMILES string of the molecule is CC(C)=CCCC(=O)CC(=O)SCCNC(=O)CCNC(=O)C(O)C(C)(C)COP(=O)(O)OP(=O)(O)OCC1OC(n2cnc3c(N)ncnc32)C(O)C1OP(=O)(O)O. The van der Waals surface area contributed by atoms with E-state index in [2.05, 4.69) is 34.4 Å². The molecule has 1 aliphatic heterocycles. The topological polar surface area (TPSA) is 381 Å². The molecule has 2 aromatic heterocycles. The summed E-state index contributed by atoms with van der Waals surface area (Å²) in [6.45, 7) is 4.11. The molecular formula is C30H48N7O18P3S. The number of allylic oxidation sites excluding steroid dienone is 2. The molecule has 2 aromatic rings. The molecular weight excluding hydrogens is 871 g/mol. The minimum Gasteiger partial charge on any atom is -0.386 e. The minimum absolute atomic E-state index is 0.0238. The lowest BCUT2D eigenvalue weighted by Crippen LogP contribution is -2.46. The maximum absolute atomic E-state index is 12.7. The molecule has 25 nitrogen and oxygen atoms in total. The van der Waals surface area contributed by atoms with E-state index in [4.69, 9.17) is 19.5 Å². The first-order chi connectivity index (χ1) is 27.3. The summed E-state index contributed by atoms with van der Waals surface area (Å²) < 4.78 is 62.1. The van der Waals surface area contributed by atoms with E-state index in [-0.39, 0.29) is 66.0 Å². The molecule has 29 heteroatoms. The van der Waals surface area contributed by atoms with Crippen LogP contribution in [0.1, 0.15) is 59.6 Å². The summed E-state index contributed by atoms with van der Waals surface area (Å²) in [5.74, 6) is -1.51. The number of phosphoric acid groups is 3. The van der Waals surface area contributed by atoms with Crippen molar-refractivity contribution in [2.75, 3.05) is 37.8 Å². The average Bonchev–Trinajstić information content (AvgIpc) is 3.67. The molecule has 2 amide bonds. The number of Topliss-reactive ketones (excluding diaryl/α,β-unsaturated/α-hetero) is 1. The number of hydrogen-bond donors (Lipinski definition) is 9. The van der Waals surface area contributed by atoms with E-state index in [1.807, 2.05) is 19.9 Å². The lowest BCUT2D eigenvalue weighted by molar-refractivity contribution is -0.137. The third-order valence-corrected chi connectivity index (χ3v) is 12.1. The predicted molar refractivity (Wildman–Crippen MR) is 205 cm³/mol. The summed E-state index contributed by atoms with van der Waals surface area (Å²) in [6, 6.07) is 0. The van der Waals surface area contributed by atoms with Gasteiger partial charge in [0.2, 0.25) is 11.8 Å². The lowest BCUT2D eigenvalue weighted by atomic mass is 9.87. The number of anilines is 1. The molecule has 332 valence electrons. The van der Waals surface area contributed by atoms with Crippen molar-refractivity contribution in [1.82, 2.24) is 30.2 Å². The Kier molecular flexibility index (Phi) is 18.5. The Morgan fingerprint density at radius 2 is 1.71 bits per heavy atom. The van der Waals surface area contributed by atoms with Crippen LogP contribution in [0.15, 0.2) is 24.3 Å². The highest BCUT2D eigenvalue weighted by atomic mass is 32.2. The molecule has 59 heavy (non-hydrogen) atoms. The molecule has 0 aliphatic carbocycles. The molecule has 3 rings (SSSR count). The van der Waals surface area contributed by atoms with Crippen molar-refractivity contribution in [3.05, 3.63) is 24.3 Å². The first-order valence-corrected chi connectivity index (χ1v) is 23.0. The molecule has 0 spiro atoms. The number of fused-ring (bicyclic) bond motifs is 1. The van der Waals surface area contributed by atoms with Crippen LogP contribution in [0.4, 0.5) is 5.82 Å². The molecule has 0 aromatic carbocycles. The summed E-state index contributed by atoms with van der Waals surface area (Å²) in [4.78, 5) is 99.5. The minimum atomic E-state index is -5.59. The number of nitrogens with one attached hydrogen (secondary N) is 2. The monoisotopic (exact) mass is 919 g/mol. The Morgan fingerprint density at radius 3 is 2.37 bits per heavy atom. The van der Waals surface area contributed by atoms with E-state index in [1.54, 1.807) is 0 Å². The molecule has 10 N–H and O–H groups in total. The highest BCUT2D eigenvalue weighted by Crippen LogP contribution is 2.61. The van der Waals surface area contributed by atoms with Crippen molar-refractivity contribution in [3.8, 4) is 0 Å². The number of aliphatic hydroxyl groups excluding tert-OH is 2. The molecule has 1 fully saturated rings. The van der Waals surface area contributed by atoms with Gasteiger partial charge in [0.05, 0.1) is 26.0 Å². The zero-order valence-corrected chi connectivity index (χ0v) is 35.7. The smallest absolute Gasteiger partial charge is 0.386 e. The molecule has 0 radical (unpaired) electrons. The summed E-state index contributed by atoms with van der Waals surface area (Å²) in [7, 11) is -16.4. The van der Waals surface area contributed by atoms with Gasteiger partial charge in [0.15, 0.2) is 22.8 Å². The molecule has 1 saturated heterocycles. The van der Waals surface area contributed by atoms with Gasteiger partial charge in [-0.15, -0.1) is 0 Å². The number of ether oxygens (including phenoxy) is 1. The summed E-state index contributed by atoms with van der Waals surface area (Å²) in [5, 5.41) is 26.0. The lowest BCUT2D eigenvalue weighted by Gasteiger charge is -2.30. The van der Waals surface area contributed by atoms with Crippen molar-refractivity contribution in [2.24, 2.45) is 5.41 Å². The fourth-order valence-corrected chi connectivity index (χ4v) is 8.64. The summed E-state index contributed by atoms with van der Waals surface area (Å²) >= 11 is 0.902. The molecule has 1 aliphatic rings. The Balaban J connectivity index is 1.44. The molecule has 7 atom stereocenters. The number of rotatable bonds is 24. The number of amides is 2. The van der Waals surface area contributed by atoms with Gasteiger partial charge in [-0.2, -0.15) is 4.31 Å². The van der Waals surface area contributed by atoms with E-state index in [0.29, 0.717) is 6.42 Å². The number of phosphoric ester groups is 3. The fraction of sp³-hybridized carbons (Fsp3) is 0.633. The van der Waals surface area contributed by atoms with Gasteiger partial charge in [-0.1, -0.05) is 37.3 Å². The predicted octanol–water partition coefficient (Wildman–Crippen LogP) is 0.370. The van der Waals surface area contributed by atoms with E-state index in [1.165, 1.54) is 13.8 Å². The number of aromatic nitrogens is 4. The third kappa shape index (κ3) is 16.4. The van der Waals surface area contributed by atoms with Crippen molar-refractivity contribution < 1.29 is 85.3 Å². The zero-order chi connectivity index (χ0) is 44.3. The number of nitrogens with two attached hydrogens (primary N) is 1. The van der Waals surface area contributed by atoms with Crippen LogP contribution in [0.5, 0.6) is 0 Å². The van der Waals surface area contributed by atoms with E-state index in [9.17, 15) is 62.7 Å². The van der Waals surface area contributed by atoms with Gasteiger partial charge in [-0.05, 0) is 20.3 Å². The number of thioether (sulfide) groups is 1. The highest BCUT2D eigenvalue weighted by molar-refractivity contribution is 8.13. The van der Waals surface area contributed by atoms with Gasteiger partial charge in [0.1, 0.15) is 42.0 Å². The van der Waals surface area contributed by atoms with Crippen LogP contribution < -0.4 is 16.4 Å². The van der Waals surface area contributed by atoms with E-state index in [0.717, 1.165) is 34.6 Å². The third-order valence-electron chi connectivity index (χ3n) is 8.08. The van der Waals surface area contributed by atoms with Gasteiger partial charge in [0.25, 0.3) is 0 Å². The number of aliphatic hydroxyl groups is 2. The van der Waals surface area contributed by atoms with Gasteiger partial charge in [0, 0.05) is 37.1 Å². The van der Waals surface area contributed by atoms with Crippen LogP contribution in [-0.4, -0.2) is 128 Å². The number of imidazole rings is 1. The Labute approximate surface area is 341 Å². The van der Waals surface area contributed by atoms with Crippen LogP contribution in [0.3, 0.4) is 0 Å². The molecule has 3 heterocycles. The van der Waals surface area contributed by atoms with E-state index < -0.39 is 84.6 Å². The van der Waals surface area contributed by atoms with Crippen LogP contribution in [-0.2, 0) is 55.5 Å². The summed E-state index contributed by atoms with van der Waals surface area (Å²) in [6.07, 6.45) is -4.52. The van der Waals surface area contributed by atoms with Crippen LogP contribution >= 0.6 is 35.2 Å².